The van der Waals surface area contributed by atoms with Crippen LogP contribution in [-0.2, 0) is 11.3 Å². The van der Waals surface area contributed by atoms with Crippen LogP contribution in [0.5, 0.6) is 0 Å². The Kier molecular flexibility index (Phi) is 3.58. The fourth-order valence-corrected chi connectivity index (χ4v) is 3.50. The number of rotatable bonds is 3. The summed E-state index contributed by atoms with van der Waals surface area (Å²) < 4.78 is 0. The number of carbonyl (C=O) groups excluding carboxylic acids is 2. The van der Waals surface area contributed by atoms with Crippen LogP contribution in [0, 0.1) is 5.92 Å². The van der Waals surface area contributed by atoms with Gasteiger partial charge in [0.05, 0.1) is 0 Å². The maximum absolute atomic E-state index is 12.1. The van der Waals surface area contributed by atoms with Crippen molar-refractivity contribution in [1.29, 1.82) is 0 Å². The van der Waals surface area contributed by atoms with Crippen LogP contribution in [0.25, 0.3) is 11.1 Å². The minimum Gasteiger partial charge on any atom is -0.396 e. The summed E-state index contributed by atoms with van der Waals surface area (Å²) in [6.07, 6.45) is 0.401. The minimum atomic E-state index is -0.0267. The first-order chi connectivity index (χ1) is 11.7. The molecule has 2 aromatic carbocycles. The van der Waals surface area contributed by atoms with Crippen molar-refractivity contribution in [3.05, 3.63) is 53.6 Å². The van der Waals surface area contributed by atoms with Gasteiger partial charge in [-0.2, -0.15) is 0 Å². The van der Waals surface area contributed by atoms with Gasteiger partial charge in [0.2, 0.25) is 5.91 Å². The van der Waals surface area contributed by atoms with E-state index in [4.69, 9.17) is 0 Å². The zero-order chi connectivity index (χ0) is 16.7. The third kappa shape index (κ3) is 2.37. The third-order valence-corrected chi connectivity index (χ3v) is 4.80. The number of benzene rings is 2. The number of carbonyl (C=O) groups is 2. The van der Waals surface area contributed by atoms with Crippen LogP contribution in [0.1, 0.15) is 22.3 Å². The fourth-order valence-electron chi connectivity index (χ4n) is 3.50. The number of hydrogen-bond acceptors (Lipinski definition) is 3. The summed E-state index contributed by atoms with van der Waals surface area (Å²) in [7, 11) is 0. The van der Waals surface area contributed by atoms with Crippen molar-refractivity contribution in [1.82, 2.24) is 5.32 Å². The van der Waals surface area contributed by atoms with Gasteiger partial charge in [0.25, 0.3) is 5.91 Å². The molecule has 24 heavy (non-hydrogen) atoms. The van der Waals surface area contributed by atoms with Crippen LogP contribution in [-0.4, -0.2) is 30.1 Å². The highest BCUT2D eigenvalue weighted by atomic mass is 16.3. The molecule has 2 amide bonds. The first kappa shape index (κ1) is 14.9. The van der Waals surface area contributed by atoms with E-state index in [0.717, 1.165) is 27.9 Å². The highest BCUT2D eigenvalue weighted by Crippen LogP contribution is 2.32. The average molecular weight is 322 g/mol. The summed E-state index contributed by atoms with van der Waals surface area (Å²) in [6.45, 7) is 1.15. The Morgan fingerprint density at radius 1 is 1.08 bits per heavy atom. The molecule has 5 nitrogen and oxygen atoms in total. The molecule has 4 rings (SSSR count). The van der Waals surface area contributed by atoms with Gasteiger partial charge in [-0.25, -0.2) is 0 Å². The van der Waals surface area contributed by atoms with Crippen LogP contribution < -0.4 is 10.2 Å². The van der Waals surface area contributed by atoms with Gasteiger partial charge in [0, 0.05) is 43.3 Å². The monoisotopic (exact) mass is 322 g/mol. The topological polar surface area (TPSA) is 69.6 Å². The van der Waals surface area contributed by atoms with E-state index >= 15 is 0 Å². The van der Waals surface area contributed by atoms with Gasteiger partial charge in [-0.1, -0.05) is 24.3 Å². The highest BCUT2D eigenvalue weighted by Gasteiger charge is 2.30. The van der Waals surface area contributed by atoms with Crippen molar-refractivity contribution in [3.63, 3.8) is 0 Å². The first-order valence-electron chi connectivity index (χ1n) is 8.09. The molecule has 0 spiro atoms. The SMILES string of the molecule is O=C1NCc2c1cccc2-c1ccc(N2CC(CO)CC2=O)cc1. The summed E-state index contributed by atoms with van der Waals surface area (Å²) in [6, 6.07) is 13.6. The molecular formula is C19H18N2O3. The second-order valence-corrected chi connectivity index (χ2v) is 6.32. The number of hydrogen-bond donors (Lipinski definition) is 2. The van der Waals surface area contributed by atoms with Crippen LogP contribution in [0.15, 0.2) is 42.5 Å². The second kappa shape index (κ2) is 5.76. The number of aliphatic hydroxyl groups is 1. The molecule has 0 saturated carbocycles. The first-order valence-corrected chi connectivity index (χ1v) is 8.09. The van der Waals surface area contributed by atoms with Crippen LogP contribution >= 0.6 is 0 Å². The molecule has 2 aliphatic heterocycles. The summed E-state index contributed by atoms with van der Waals surface area (Å²) >= 11 is 0. The van der Waals surface area contributed by atoms with Crippen molar-refractivity contribution in [3.8, 4) is 11.1 Å². The molecule has 1 fully saturated rings. The number of amides is 2. The summed E-state index contributed by atoms with van der Waals surface area (Å²) in [5, 5.41) is 12.1. The summed E-state index contributed by atoms with van der Waals surface area (Å²) in [5.41, 5.74) is 4.67. The zero-order valence-electron chi connectivity index (χ0n) is 13.2. The highest BCUT2D eigenvalue weighted by molar-refractivity contribution is 6.00. The molecule has 2 heterocycles. The normalized spacial score (nSPS) is 19.5. The van der Waals surface area contributed by atoms with Gasteiger partial charge < -0.3 is 15.3 Å². The Hall–Kier alpha value is -2.66. The average Bonchev–Trinajstić information content (AvgIpc) is 3.18. The second-order valence-electron chi connectivity index (χ2n) is 6.32. The van der Waals surface area contributed by atoms with Gasteiger partial charge in [-0.3, -0.25) is 9.59 Å². The van der Waals surface area contributed by atoms with Crippen molar-refractivity contribution in [2.24, 2.45) is 5.92 Å². The number of nitrogens with zero attached hydrogens (tertiary/aromatic N) is 1. The summed E-state index contributed by atoms with van der Waals surface area (Å²) in [5.74, 6) is 0.0463. The third-order valence-electron chi connectivity index (χ3n) is 4.80. The molecular weight excluding hydrogens is 304 g/mol. The van der Waals surface area contributed by atoms with E-state index < -0.39 is 0 Å². The molecule has 1 atom stereocenters. The van der Waals surface area contributed by atoms with Crippen molar-refractivity contribution in [2.45, 2.75) is 13.0 Å². The van der Waals surface area contributed by atoms with E-state index in [1.165, 1.54) is 0 Å². The number of nitrogens with one attached hydrogen (secondary N) is 1. The molecule has 1 saturated heterocycles. The minimum absolute atomic E-state index is 0.0201. The van der Waals surface area contributed by atoms with Crippen LogP contribution in [0.2, 0.25) is 0 Å². The lowest BCUT2D eigenvalue weighted by Gasteiger charge is -2.17. The maximum atomic E-state index is 12.1. The standard InChI is InChI=1S/C19H18N2O3/c22-11-12-8-18(23)21(10-12)14-6-4-13(5-7-14)15-2-1-3-16-17(15)9-20-19(16)24/h1-7,12,22H,8-11H2,(H,20,24). The molecule has 5 heteroatoms. The lowest BCUT2D eigenvalue weighted by Crippen LogP contribution is -2.24. The van der Waals surface area contributed by atoms with Crippen molar-refractivity contribution < 1.29 is 14.7 Å². The fraction of sp³-hybridized carbons (Fsp3) is 0.263. The maximum Gasteiger partial charge on any atom is 0.251 e. The Labute approximate surface area is 139 Å². The number of anilines is 1. The number of aliphatic hydroxyl groups excluding tert-OH is 1. The zero-order valence-corrected chi connectivity index (χ0v) is 13.2. The smallest absolute Gasteiger partial charge is 0.251 e. The Bertz CT molecular complexity index is 814. The van der Waals surface area contributed by atoms with Crippen molar-refractivity contribution >= 4 is 17.5 Å². The van der Waals surface area contributed by atoms with E-state index in [-0.39, 0.29) is 24.3 Å². The molecule has 2 N–H and O–H groups in total. The van der Waals surface area contributed by atoms with E-state index in [1.54, 1.807) is 4.90 Å². The Morgan fingerprint density at radius 2 is 1.83 bits per heavy atom. The predicted octanol–water partition coefficient (Wildman–Crippen LogP) is 1.94. The van der Waals surface area contributed by atoms with Crippen LogP contribution in [0.4, 0.5) is 5.69 Å². The quantitative estimate of drug-likeness (QED) is 0.907. The van der Waals surface area contributed by atoms with Gasteiger partial charge in [0.1, 0.15) is 0 Å². The van der Waals surface area contributed by atoms with Gasteiger partial charge in [-0.15, -0.1) is 0 Å². The predicted molar refractivity (Wildman–Crippen MR) is 90.6 cm³/mol. The van der Waals surface area contributed by atoms with E-state index in [2.05, 4.69) is 5.32 Å². The van der Waals surface area contributed by atoms with E-state index in [9.17, 15) is 14.7 Å². The molecule has 0 aromatic heterocycles. The molecule has 0 aliphatic carbocycles. The molecule has 2 aromatic rings. The molecule has 0 bridgehead atoms. The lowest BCUT2D eigenvalue weighted by molar-refractivity contribution is -0.117. The largest absolute Gasteiger partial charge is 0.396 e. The van der Waals surface area contributed by atoms with Gasteiger partial charge in [-0.05, 0) is 34.9 Å². The molecule has 0 radical (unpaired) electrons. The Morgan fingerprint density at radius 3 is 2.54 bits per heavy atom. The lowest BCUT2D eigenvalue weighted by atomic mass is 9.97. The van der Waals surface area contributed by atoms with Crippen molar-refractivity contribution in [2.75, 3.05) is 18.1 Å². The molecule has 2 aliphatic rings. The molecule has 122 valence electrons. The van der Waals surface area contributed by atoms with E-state index in [1.807, 2.05) is 42.5 Å². The number of fused-ring (bicyclic) bond motifs is 1. The van der Waals surface area contributed by atoms with Gasteiger partial charge >= 0.3 is 0 Å². The summed E-state index contributed by atoms with van der Waals surface area (Å²) in [4.78, 5) is 25.6. The van der Waals surface area contributed by atoms with E-state index in [0.29, 0.717) is 19.5 Å². The van der Waals surface area contributed by atoms with Gasteiger partial charge in [0.15, 0.2) is 0 Å². The Balaban J connectivity index is 1.64. The van der Waals surface area contributed by atoms with Crippen LogP contribution in [0.3, 0.4) is 0 Å². The molecule has 1 unspecified atom stereocenters.